The van der Waals surface area contributed by atoms with Crippen LogP contribution >= 0.6 is 11.6 Å². The Bertz CT molecular complexity index is 707. The molecule has 0 radical (unpaired) electrons. The Balaban J connectivity index is 1.98. The van der Waals surface area contributed by atoms with E-state index in [0.717, 1.165) is 0 Å². The van der Waals surface area contributed by atoms with E-state index in [9.17, 15) is 4.79 Å². The summed E-state index contributed by atoms with van der Waals surface area (Å²) in [6, 6.07) is 1.44. The van der Waals surface area contributed by atoms with Gasteiger partial charge in [0.15, 0.2) is 5.65 Å². The summed E-state index contributed by atoms with van der Waals surface area (Å²) >= 11 is 5.84. The monoisotopic (exact) mass is 264 g/mol. The minimum Gasteiger partial charge on any atom is -0.351 e. The van der Waals surface area contributed by atoms with Crippen LogP contribution in [0.5, 0.6) is 0 Å². The molecule has 0 aromatic carbocycles. The molecular formula is C9H5ClN6O2. The number of carbonyl (C=O) groups is 1. The first-order valence-corrected chi connectivity index (χ1v) is 5.20. The van der Waals surface area contributed by atoms with Gasteiger partial charge in [-0.3, -0.25) is 9.20 Å². The summed E-state index contributed by atoms with van der Waals surface area (Å²) < 4.78 is 6.18. The van der Waals surface area contributed by atoms with Crippen LogP contribution in [-0.4, -0.2) is 30.6 Å². The van der Waals surface area contributed by atoms with Crippen molar-refractivity contribution < 1.29 is 9.32 Å². The first-order valence-electron chi connectivity index (χ1n) is 4.82. The molecule has 8 nitrogen and oxygen atoms in total. The molecule has 9 heteroatoms. The van der Waals surface area contributed by atoms with Crippen molar-refractivity contribution in [2.24, 2.45) is 0 Å². The summed E-state index contributed by atoms with van der Waals surface area (Å²) in [4.78, 5) is 15.7. The van der Waals surface area contributed by atoms with Crippen molar-refractivity contribution in [3.63, 3.8) is 0 Å². The Morgan fingerprint density at radius 2 is 2.39 bits per heavy atom. The van der Waals surface area contributed by atoms with E-state index in [2.05, 4.69) is 25.7 Å². The van der Waals surface area contributed by atoms with E-state index < -0.39 is 5.91 Å². The third-order valence-corrected chi connectivity index (χ3v) is 2.48. The van der Waals surface area contributed by atoms with Gasteiger partial charge in [0.1, 0.15) is 12.0 Å². The van der Waals surface area contributed by atoms with Crippen LogP contribution < -0.4 is 5.32 Å². The SMILES string of the molecule is O=C(Nc1cnc(Cl)n2cnnc12)c1ccno1. The fourth-order valence-electron chi connectivity index (χ4n) is 1.40. The topological polar surface area (TPSA) is 98.2 Å². The van der Waals surface area contributed by atoms with E-state index in [-0.39, 0.29) is 11.0 Å². The average molecular weight is 265 g/mol. The zero-order valence-electron chi connectivity index (χ0n) is 8.74. The number of aromatic nitrogens is 5. The van der Waals surface area contributed by atoms with Crippen LogP contribution in [0.15, 0.2) is 29.3 Å². The molecule has 3 aromatic heterocycles. The molecule has 0 aliphatic carbocycles. The number of nitrogens with zero attached hydrogens (tertiary/aromatic N) is 5. The maximum atomic E-state index is 11.8. The standard InChI is InChI=1S/C9H5ClN6O2/c10-9-11-3-5(7-15-12-4-16(7)9)14-8(17)6-1-2-13-18-6/h1-4H,(H,14,17). The molecule has 90 valence electrons. The first-order chi connectivity index (χ1) is 8.75. The number of nitrogens with one attached hydrogen (secondary N) is 1. The van der Waals surface area contributed by atoms with Crippen molar-refractivity contribution in [2.45, 2.75) is 0 Å². The van der Waals surface area contributed by atoms with Crippen LogP contribution in [0, 0.1) is 0 Å². The Morgan fingerprint density at radius 3 is 3.17 bits per heavy atom. The fourth-order valence-corrected chi connectivity index (χ4v) is 1.57. The highest BCUT2D eigenvalue weighted by Gasteiger charge is 2.14. The zero-order valence-corrected chi connectivity index (χ0v) is 9.50. The number of carbonyl (C=O) groups excluding carboxylic acids is 1. The summed E-state index contributed by atoms with van der Waals surface area (Å²) in [6.45, 7) is 0. The highest BCUT2D eigenvalue weighted by Crippen LogP contribution is 2.17. The molecule has 18 heavy (non-hydrogen) atoms. The van der Waals surface area contributed by atoms with E-state index >= 15 is 0 Å². The molecule has 0 fully saturated rings. The van der Waals surface area contributed by atoms with Crippen molar-refractivity contribution in [3.8, 4) is 0 Å². The van der Waals surface area contributed by atoms with Gasteiger partial charge in [0.05, 0.1) is 12.4 Å². The Labute approximate surface area is 105 Å². The molecule has 0 bridgehead atoms. The smallest absolute Gasteiger partial charge is 0.294 e. The van der Waals surface area contributed by atoms with Gasteiger partial charge in [-0.1, -0.05) is 5.16 Å². The second kappa shape index (κ2) is 4.08. The number of hydrogen-bond acceptors (Lipinski definition) is 6. The van der Waals surface area contributed by atoms with E-state index in [0.29, 0.717) is 11.3 Å². The fraction of sp³-hybridized carbons (Fsp3) is 0. The molecule has 0 unspecified atom stereocenters. The largest absolute Gasteiger partial charge is 0.351 e. The summed E-state index contributed by atoms with van der Waals surface area (Å²) in [5.41, 5.74) is 0.765. The summed E-state index contributed by atoms with van der Waals surface area (Å²) in [7, 11) is 0. The van der Waals surface area contributed by atoms with Gasteiger partial charge in [-0.05, 0) is 11.6 Å². The number of rotatable bonds is 2. The lowest BCUT2D eigenvalue weighted by Gasteiger charge is -2.04. The van der Waals surface area contributed by atoms with Gasteiger partial charge in [-0.2, -0.15) is 0 Å². The van der Waals surface area contributed by atoms with Crippen molar-refractivity contribution in [1.82, 2.24) is 24.7 Å². The van der Waals surface area contributed by atoms with Gasteiger partial charge in [0.25, 0.3) is 5.91 Å². The lowest BCUT2D eigenvalue weighted by Crippen LogP contribution is -2.12. The van der Waals surface area contributed by atoms with Gasteiger partial charge < -0.3 is 9.84 Å². The molecule has 0 aliphatic rings. The number of fused-ring (bicyclic) bond motifs is 1. The Hall–Kier alpha value is -2.48. The predicted molar refractivity (Wildman–Crippen MR) is 60.2 cm³/mol. The Kier molecular flexibility index (Phi) is 2.41. The van der Waals surface area contributed by atoms with Crippen molar-refractivity contribution >= 4 is 28.8 Å². The Morgan fingerprint density at radius 1 is 1.50 bits per heavy atom. The second-order valence-electron chi connectivity index (χ2n) is 3.30. The zero-order chi connectivity index (χ0) is 12.5. The summed E-state index contributed by atoms with van der Waals surface area (Å²) in [5, 5.41) is 13.8. The normalized spacial score (nSPS) is 10.7. The molecule has 0 saturated heterocycles. The molecule has 1 amide bonds. The number of amides is 1. The third kappa shape index (κ3) is 1.68. The van der Waals surface area contributed by atoms with Gasteiger partial charge in [-0.25, -0.2) is 4.98 Å². The van der Waals surface area contributed by atoms with E-state index in [1.54, 1.807) is 0 Å². The number of anilines is 1. The van der Waals surface area contributed by atoms with E-state index in [4.69, 9.17) is 16.1 Å². The molecule has 3 aromatic rings. The highest BCUT2D eigenvalue weighted by molar-refractivity contribution is 6.28. The lowest BCUT2D eigenvalue weighted by atomic mass is 10.4. The van der Waals surface area contributed by atoms with E-state index in [1.165, 1.54) is 29.2 Å². The third-order valence-electron chi connectivity index (χ3n) is 2.20. The van der Waals surface area contributed by atoms with Crippen molar-refractivity contribution in [2.75, 3.05) is 5.32 Å². The number of halogens is 1. The van der Waals surface area contributed by atoms with Crippen LogP contribution in [-0.2, 0) is 0 Å². The van der Waals surface area contributed by atoms with Gasteiger partial charge in [0, 0.05) is 6.07 Å². The minimum atomic E-state index is -0.457. The predicted octanol–water partition coefficient (Wildman–Crippen LogP) is 1.02. The quantitative estimate of drug-likeness (QED) is 0.694. The second-order valence-corrected chi connectivity index (χ2v) is 3.63. The maximum absolute atomic E-state index is 11.8. The van der Waals surface area contributed by atoms with Crippen molar-refractivity contribution in [1.29, 1.82) is 0 Å². The molecule has 0 atom stereocenters. The van der Waals surface area contributed by atoms with Crippen LogP contribution in [0.4, 0.5) is 5.69 Å². The highest BCUT2D eigenvalue weighted by atomic mass is 35.5. The summed E-state index contributed by atoms with van der Waals surface area (Å²) in [6.07, 6.45) is 4.16. The van der Waals surface area contributed by atoms with Gasteiger partial charge >= 0.3 is 0 Å². The lowest BCUT2D eigenvalue weighted by molar-refractivity contribution is 0.0988. The van der Waals surface area contributed by atoms with Gasteiger partial charge in [0.2, 0.25) is 11.0 Å². The maximum Gasteiger partial charge on any atom is 0.294 e. The molecule has 0 aliphatic heterocycles. The number of hydrogen-bond donors (Lipinski definition) is 1. The molecule has 1 N–H and O–H groups in total. The van der Waals surface area contributed by atoms with Gasteiger partial charge in [-0.15, -0.1) is 10.2 Å². The molecule has 0 spiro atoms. The first kappa shape index (κ1) is 10.7. The van der Waals surface area contributed by atoms with E-state index in [1.807, 2.05) is 0 Å². The van der Waals surface area contributed by atoms with Crippen molar-refractivity contribution in [3.05, 3.63) is 35.8 Å². The average Bonchev–Trinajstić information content (AvgIpc) is 3.01. The van der Waals surface area contributed by atoms with Crippen LogP contribution in [0.25, 0.3) is 5.65 Å². The van der Waals surface area contributed by atoms with Crippen LogP contribution in [0.2, 0.25) is 5.28 Å². The molecule has 3 heterocycles. The molecule has 3 rings (SSSR count). The van der Waals surface area contributed by atoms with Crippen LogP contribution in [0.3, 0.4) is 0 Å². The molecular weight excluding hydrogens is 260 g/mol. The minimum absolute atomic E-state index is 0.0858. The molecule has 0 saturated carbocycles. The van der Waals surface area contributed by atoms with Crippen LogP contribution in [0.1, 0.15) is 10.6 Å². The summed E-state index contributed by atoms with van der Waals surface area (Å²) in [5.74, 6) is -0.371.